The van der Waals surface area contributed by atoms with E-state index in [1.807, 2.05) is 0 Å². The summed E-state index contributed by atoms with van der Waals surface area (Å²) < 4.78 is 0. The molecule has 0 nitrogen and oxygen atoms in total. The Labute approximate surface area is 88.0 Å². The van der Waals surface area contributed by atoms with Crippen LogP contribution in [-0.2, 0) is 0 Å². The van der Waals surface area contributed by atoms with E-state index >= 15 is 0 Å². The van der Waals surface area contributed by atoms with Gasteiger partial charge >= 0.3 is 87.8 Å². The number of hydrogen-bond donors (Lipinski definition) is 0. The van der Waals surface area contributed by atoms with Gasteiger partial charge in [-0.05, 0) is 0 Å². The van der Waals surface area contributed by atoms with Crippen LogP contribution in [0.4, 0.5) is 0 Å². The van der Waals surface area contributed by atoms with Crippen molar-refractivity contribution in [2.24, 2.45) is 11.8 Å². The van der Waals surface area contributed by atoms with Gasteiger partial charge in [-0.3, -0.25) is 0 Å². The molecule has 0 aromatic carbocycles. The van der Waals surface area contributed by atoms with Crippen LogP contribution in [0, 0.1) is 11.8 Å². The molecule has 0 aromatic heterocycles. The molecule has 4 atom stereocenters. The second kappa shape index (κ2) is 3.59. The predicted octanol–water partition coefficient (Wildman–Crippen LogP) is 3.66. The van der Waals surface area contributed by atoms with Gasteiger partial charge in [0.1, 0.15) is 0 Å². The van der Waals surface area contributed by atoms with Crippen molar-refractivity contribution >= 4 is 15.0 Å². The van der Waals surface area contributed by atoms with Crippen molar-refractivity contribution in [1.82, 2.24) is 0 Å². The van der Waals surface area contributed by atoms with Gasteiger partial charge in [0.25, 0.3) is 0 Å². The Hall–Kier alpha value is 0.519. The summed E-state index contributed by atoms with van der Waals surface area (Å²) in [6, 6.07) is 0. The molecule has 2 aliphatic carbocycles. The summed E-state index contributed by atoms with van der Waals surface area (Å²) >= 11 is 1.05. The van der Waals surface area contributed by atoms with Crippen molar-refractivity contribution in [2.75, 3.05) is 0 Å². The summed E-state index contributed by atoms with van der Waals surface area (Å²) in [4.78, 5) is 2.46. The minimum atomic E-state index is 1.05. The van der Waals surface area contributed by atoms with E-state index in [-0.39, 0.29) is 0 Å². The predicted molar refractivity (Wildman–Crippen MR) is 57.2 cm³/mol. The Kier molecular flexibility index (Phi) is 2.43. The van der Waals surface area contributed by atoms with Gasteiger partial charge < -0.3 is 0 Å². The molecule has 3 aliphatic rings. The molecule has 0 radical (unpaired) electrons. The van der Waals surface area contributed by atoms with E-state index in [1.165, 1.54) is 21.5 Å². The van der Waals surface area contributed by atoms with Crippen molar-refractivity contribution < 1.29 is 0 Å². The summed E-state index contributed by atoms with van der Waals surface area (Å²) in [6.07, 6.45) is 12.7. The molecule has 0 aromatic rings. The van der Waals surface area contributed by atoms with Crippen LogP contribution < -0.4 is 0 Å². The maximum absolute atomic E-state index is 1.61. The standard InChI is InChI=1S/C12H20Se/c1-3-7-11-9(5-1)10-6-2-4-8-12(10)13-11/h9-12H,1-8H2. The third-order valence-electron chi connectivity index (χ3n) is 4.41. The molecule has 1 heteroatoms. The quantitative estimate of drug-likeness (QED) is 0.569. The molecular formula is C12H20Se. The van der Waals surface area contributed by atoms with E-state index in [0.29, 0.717) is 0 Å². The first kappa shape index (κ1) is 8.80. The van der Waals surface area contributed by atoms with Gasteiger partial charge in [0, 0.05) is 0 Å². The van der Waals surface area contributed by atoms with Crippen LogP contribution in [0.25, 0.3) is 0 Å². The number of hydrogen-bond acceptors (Lipinski definition) is 0. The Morgan fingerprint density at radius 2 is 1.08 bits per heavy atom. The average molecular weight is 243 g/mol. The van der Waals surface area contributed by atoms with Gasteiger partial charge in [-0.1, -0.05) is 0 Å². The van der Waals surface area contributed by atoms with Crippen LogP contribution in [0.1, 0.15) is 51.4 Å². The average Bonchev–Trinajstić information content (AvgIpc) is 2.56. The summed E-state index contributed by atoms with van der Waals surface area (Å²) in [6.45, 7) is 0. The third kappa shape index (κ3) is 1.49. The Morgan fingerprint density at radius 1 is 0.615 bits per heavy atom. The maximum atomic E-state index is 1.61. The molecule has 1 aliphatic heterocycles. The van der Waals surface area contributed by atoms with Crippen molar-refractivity contribution in [3.05, 3.63) is 0 Å². The molecule has 3 fully saturated rings. The summed E-state index contributed by atoms with van der Waals surface area (Å²) in [5, 5.41) is 0. The first-order valence-corrected chi connectivity index (χ1v) is 8.08. The zero-order valence-electron chi connectivity index (χ0n) is 8.37. The van der Waals surface area contributed by atoms with Gasteiger partial charge in [0.05, 0.1) is 0 Å². The van der Waals surface area contributed by atoms with Crippen LogP contribution >= 0.6 is 0 Å². The molecule has 2 saturated carbocycles. The normalized spacial score (nSPS) is 49.8. The molecule has 0 amide bonds. The van der Waals surface area contributed by atoms with Crippen molar-refractivity contribution in [3.63, 3.8) is 0 Å². The fourth-order valence-electron chi connectivity index (χ4n) is 3.79. The zero-order valence-corrected chi connectivity index (χ0v) is 10.1. The van der Waals surface area contributed by atoms with Crippen molar-refractivity contribution in [2.45, 2.75) is 61.0 Å². The number of fused-ring (bicyclic) bond motifs is 3. The van der Waals surface area contributed by atoms with Crippen molar-refractivity contribution in [1.29, 1.82) is 0 Å². The molecule has 4 unspecified atom stereocenters. The van der Waals surface area contributed by atoms with E-state index in [4.69, 9.17) is 0 Å². The van der Waals surface area contributed by atoms with Gasteiger partial charge in [-0.15, -0.1) is 0 Å². The summed E-state index contributed by atoms with van der Waals surface area (Å²) in [5.74, 6) is 2.41. The molecule has 1 heterocycles. The van der Waals surface area contributed by atoms with Gasteiger partial charge in [-0.25, -0.2) is 0 Å². The minimum absolute atomic E-state index is 1.05. The van der Waals surface area contributed by atoms with Crippen LogP contribution in [0.2, 0.25) is 9.63 Å². The van der Waals surface area contributed by atoms with E-state index in [0.717, 1.165) is 15.0 Å². The summed E-state index contributed by atoms with van der Waals surface area (Å²) in [7, 11) is 0. The first-order chi connectivity index (χ1) is 6.45. The molecule has 1 saturated heterocycles. The van der Waals surface area contributed by atoms with Gasteiger partial charge in [0.15, 0.2) is 0 Å². The molecular weight excluding hydrogens is 223 g/mol. The van der Waals surface area contributed by atoms with E-state index in [1.54, 1.807) is 51.4 Å². The van der Waals surface area contributed by atoms with E-state index in [2.05, 4.69) is 0 Å². The topological polar surface area (TPSA) is 0 Å². The molecule has 74 valence electrons. The summed E-state index contributed by atoms with van der Waals surface area (Å²) in [5.41, 5.74) is 0. The number of rotatable bonds is 0. The fraction of sp³-hybridized carbons (Fsp3) is 1.00. The first-order valence-electron chi connectivity index (χ1n) is 6.10. The molecule has 0 spiro atoms. The Balaban J connectivity index is 1.76. The molecule has 3 rings (SSSR count). The van der Waals surface area contributed by atoms with Crippen LogP contribution in [0.5, 0.6) is 0 Å². The van der Waals surface area contributed by atoms with Crippen LogP contribution in [0.3, 0.4) is 0 Å². The fourth-order valence-corrected chi connectivity index (χ4v) is 8.27. The molecule has 0 N–H and O–H groups in total. The zero-order chi connectivity index (χ0) is 8.67. The van der Waals surface area contributed by atoms with Crippen molar-refractivity contribution in [3.8, 4) is 0 Å². The second-order valence-corrected chi connectivity index (χ2v) is 8.22. The van der Waals surface area contributed by atoms with E-state index in [9.17, 15) is 0 Å². The van der Waals surface area contributed by atoms with Crippen LogP contribution in [-0.4, -0.2) is 15.0 Å². The van der Waals surface area contributed by atoms with Gasteiger partial charge in [-0.2, -0.15) is 0 Å². The van der Waals surface area contributed by atoms with Gasteiger partial charge in [0.2, 0.25) is 0 Å². The van der Waals surface area contributed by atoms with E-state index < -0.39 is 0 Å². The Bertz CT molecular complexity index is 170. The monoisotopic (exact) mass is 244 g/mol. The Morgan fingerprint density at radius 3 is 1.62 bits per heavy atom. The molecule has 13 heavy (non-hydrogen) atoms. The second-order valence-electron chi connectivity index (χ2n) is 5.11. The van der Waals surface area contributed by atoms with Crippen LogP contribution in [0.15, 0.2) is 0 Å². The molecule has 0 bridgehead atoms. The third-order valence-corrected chi connectivity index (χ3v) is 8.33. The SMILES string of the molecule is C1CCC2C(C1)[Se]C1CCCCC12.